The number of sulfonamides is 1. The lowest BCUT2D eigenvalue weighted by molar-refractivity contribution is 0.414. The average molecular weight is 272 g/mol. The van der Waals surface area contributed by atoms with Crippen molar-refractivity contribution in [2.75, 3.05) is 20.7 Å². The third-order valence-electron chi connectivity index (χ3n) is 2.84. The Morgan fingerprint density at radius 1 is 1.33 bits per heavy atom. The van der Waals surface area contributed by atoms with E-state index in [0.717, 1.165) is 11.3 Å². The van der Waals surface area contributed by atoms with Gasteiger partial charge in [-0.05, 0) is 24.6 Å². The van der Waals surface area contributed by atoms with Crippen LogP contribution in [0.3, 0.4) is 0 Å². The highest BCUT2D eigenvalue weighted by Gasteiger charge is 2.24. The van der Waals surface area contributed by atoms with E-state index in [-0.39, 0.29) is 6.54 Å². The van der Waals surface area contributed by atoms with E-state index in [1.54, 1.807) is 21.1 Å². The monoisotopic (exact) mass is 272 g/mol. The summed E-state index contributed by atoms with van der Waals surface area (Å²) in [6, 6.07) is 7.31. The van der Waals surface area contributed by atoms with Crippen LogP contribution in [-0.2, 0) is 16.6 Å². The lowest BCUT2D eigenvalue weighted by Gasteiger charge is -2.21. The molecule has 1 rings (SSSR count). The minimum absolute atomic E-state index is 0.120. The number of ether oxygens (including phenoxy) is 1. The highest BCUT2D eigenvalue weighted by Crippen LogP contribution is 2.15. The Balaban J connectivity index is 2.77. The molecule has 1 aromatic carbocycles. The van der Waals surface area contributed by atoms with E-state index in [2.05, 4.69) is 0 Å². The number of rotatable bonds is 6. The fourth-order valence-corrected chi connectivity index (χ4v) is 2.69. The Kier molecular flexibility index (Phi) is 5.13. The third kappa shape index (κ3) is 3.44. The van der Waals surface area contributed by atoms with Gasteiger partial charge in [0.1, 0.15) is 5.75 Å². The van der Waals surface area contributed by atoms with Gasteiger partial charge in [0.25, 0.3) is 0 Å². The lowest BCUT2D eigenvalue weighted by Crippen LogP contribution is -2.38. The highest BCUT2D eigenvalue weighted by atomic mass is 32.2. The summed E-state index contributed by atoms with van der Waals surface area (Å²) in [5.74, 6) is 0.750. The summed E-state index contributed by atoms with van der Waals surface area (Å²) in [7, 11) is -0.173. The Morgan fingerprint density at radius 3 is 2.33 bits per heavy atom. The minimum atomic E-state index is -3.33. The van der Waals surface area contributed by atoms with Crippen LogP contribution < -0.4 is 10.5 Å². The van der Waals surface area contributed by atoms with Gasteiger partial charge >= 0.3 is 0 Å². The maximum Gasteiger partial charge on any atom is 0.218 e. The van der Waals surface area contributed by atoms with Gasteiger partial charge in [-0.3, -0.25) is 0 Å². The second-order valence-electron chi connectivity index (χ2n) is 4.20. The van der Waals surface area contributed by atoms with Crippen LogP contribution >= 0.6 is 0 Å². The van der Waals surface area contributed by atoms with E-state index in [0.29, 0.717) is 6.54 Å². The summed E-state index contributed by atoms with van der Waals surface area (Å²) in [6.45, 7) is 2.06. The van der Waals surface area contributed by atoms with Crippen molar-refractivity contribution in [3.05, 3.63) is 29.8 Å². The van der Waals surface area contributed by atoms with Gasteiger partial charge in [-0.1, -0.05) is 12.1 Å². The van der Waals surface area contributed by atoms with E-state index in [1.807, 2.05) is 24.3 Å². The Morgan fingerprint density at radius 2 is 1.89 bits per heavy atom. The molecule has 0 aromatic heterocycles. The molecule has 102 valence electrons. The first-order valence-electron chi connectivity index (χ1n) is 5.70. The van der Waals surface area contributed by atoms with Gasteiger partial charge in [0.2, 0.25) is 10.0 Å². The van der Waals surface area contributed by atoms with Crippen LogP contribution in [0.25, 0.3) is 0 Å². The van der Waals surface area contributed by atoms with Crippen LogP contribution in [0.2, 0.25) is 0 Å². The fourth-order valence-electron chi connectivity index (χ4n) is 1.51. The predicted octanol–water partition coefficient (Wildman–Crippen LogP) is 0.804. The van der Waals surface area contributed by atoms with Crippen molar-refractivity contribution in [1.29, 1.82) is 0 Å². The van der Waals surface area contributed by atoms with Crippen molar-refractivity contribution in [1.82, 2.24) is 4.31 Å². The van der Waals surface area contributed by atoms with Crippen molar-refractivity contribution in [2.24, 2.45) is 5.73 Å². The molecular formula is C12H20N2O3S. The number of hydrogen-bond acceptors (Lipinski definition) is 4. The molecule has 18 heavy (non-hydrogen) atoms. The summed E-state index contributed by atoms with van der Waals surface area (Å²) in [5, 5.41) is -0.569. The van der Waals surface area contributed by atoms with Gasteiger partial charge in [0.05, 0.1) is 12.4 Å². The molecule has 6 heteroatoms. The number of nitrogens with zero attached hydrogens (tertiary/aromatic N) is 1. The minimum Gasteiger partial charge on any atom is -0.497 e. The molecule has 0 aliphatic heterocycles. The molecule has 0 amide bonds. The SMILES string of the molecule is COc1ccc(CN(C)S(=O)(=O)C(C)CN)cc1. The Hall–Kier alpha value is -1.11. The van der Waals surface area contributed by atoms with Crippen molar-refractivity contribution in [2.45, 2.75) is 18.7 Å². The second-order valence-corrected chi connectivity index (χ2v) is 6.65. The van der Waals surface area contributed by atoms with E-state index in [1.165, 1.54) is 4.31 Å². The van der Waals surface area contributed by atoms with Crippen LogP contribution in [0.1, 0.15) is 12.5 Å². The van der Waals surface area contributed by atoms with Crippen LogP contribution in [0.4, 0.5) is 0 Å². The third-order valence-corrected chi connectivity index (χ3v) is 5.05. The molecule has 0 bridgehead atoms. The van der Waals surface area contributed by atoms with Gasteiger partial charge in [0, 0.05) is 20.1 Å². The maximum atomic E-state index is 12.0. The quantitative estimate of drug-likeness (QED) is 0.831. The molecule has 0 aliphatic rings. The first-order chi connectivity index (χ1) is 8.41. The number of nitrogens with two attached hydrogens (primary N) is 1. The maximum absolute atomic E-state index is 12.0. The van der Waals surface area contributed by atoms with E-state index in [4.69, 9.17) is 10.5 Å². The molecule has 0 aliphatic carbocycles. The zero-order valence-corrected chi connectivity index (χ0v) is 11.8. The van der Waals surface area contributed by atoms with Crippen LogP contribution in [-0.4, -0.2) is 38.7 Å². The molecule has 2 N–H and O–H groups in total. The number of benzene rings is 1. The smallest absolute Gasteiger partial charge is 0.218 e. The predicted molar refractivity (Wildman–Crippen MR) is 71.9 cm³/mol. The van der Waals surface area contributed by atoms with Gasteiger partial charge in [-0.2, -0.15) is 0 Å². The molecule has 0 saturated heterocycles. The summed E-state index contributed by atoms with van der Waals surface area (Å²) in [6.07, 6.45) is 0. The summed E-state index contributed by atoms with van der Waals surface area (Å²) in [4.78, 5) is 0. The second kappa shape index (κ2) is 6.17. The van der Waals surface area contributed by atoms with Crippen molar-refractivity contribution in [3.63, 3.8) is 0 Å². The van der Waals surface area contributed by atoms with E-state index >= 15 is 0 Å². The van der Waals surface area contributed by atoms with Crippen LogP contribution in [0.15, 0.2) is 24.3 Å². The summed E-state index contributed by atoms with van der Waals surface area (Å²) >= 11 is 0. The van der Waals surface area contributed by atoms with E-state index < -0.39 is 15.3 Å². The fraction of sp³-hybridized carbons (Fsp3) is 0.500. The lowest BCUT2D eigenvalue weighted by atomic mass is 10.2. The highest BCUT2D eigenvalue weighted by molar-refractivity contribution is 7.89. The van der Waals surface area contributed by atoms with Crippen LogP contribution in [0.5, 0.6) is 5.75 Å². The van der Waals surface area contributed by atoms with Crippen molar-refractivity contribution >= 4 is 10.0 Å². The normalized spacial score (nSPS) is 13.6. The molecule has 5 nitrogen and oxygen atoms in total. The van der Waals surface area contributed by atoms with Gasteiger partial charge in [-0.25, -0.2) is 12.7 Å². The molecule has 0 saturated carbocycles. The van der Waals surface area contributed by atoms with Crippen molar-refractivity contribution in [3.8, 4) is 5.75 Å². The average Bonchev–Trinajstić information content (AvgIpc) is 2.38. The number of methoxy groups -OCH3 is 1. The standard InChI is InChI=1S/C12H20N2O3S/c1-10(8-13)18(15,16)14(2)9-11-4-6-12(17-3)7-5-11/h4-7,10H,8-9,13H2,1-3H3. The zero-order chi connectivity index (χ0) is 13.8. The molecule has 1 aromatic rings. The molecule has 0 spiro atoms. The Labute approximate surface area is 109 Å². The zero-order valence-electron chi connectivity index (χ0n) is 11.0. The molecule has 1 atom stereocenters. The number of hydrogen-bond donors (Lipinski definition) is 1. The Bertz CT molecular complexity index is 471. The summed E-state index contributed by atoms with van der Waals surface area (Å²) in [5.41, 5.74) is 6.31. The molecule has 1 unspecified atom stereocenters. The van der Waals surface area contributed by atoms with E-state index in [9.17, 15) is 8.42 Å². The summed E-state index contributed by atoms with van der Waals surface area (Å²) < 4.78 is 30.4. The molecular weight excluding hydrogens is 252 g/mol. The van der Waals surface area contributed by atoms with Gasteiger partial charge in [-0.15, -0.1) is 0 Å². The largest absolute Gasteiger partial charge is 0.497 e. The molecule has 0 radical (unpaired) electrons. The first kappa shape index (κ1) is 14.9. The van der Waals surface area contributed by atoms with Gasteiger partial charge < -0.3 is 10.5 Å². The van der Waals surface area contributed by atoms with Gasteiger partial charge in [0.15, 0.2) is 0 Å². The van der Waals surface area contributed by atoms with Crippen LogP contribution in [0, 0.1) is 0 Å². The molecule has 0 fully saturated rings. The first-order valence-corrected chi connectivity index (χ1v) is 7.20. The topological polar surface area (TPSA) is 72.6 Å². The van der Waals surface area contributed by atoms with Crippen molar-refractivity contribution < 1.29 is 13.2 Å². The molecule has 0 heterocycles.